The van der Waals surface area contributed by atoms with Gasteiger partial charge < -0.3 is 5.32 Å². The summed E-state index contributed by atoms with van der Waals surface area (Å²) in [5, 5.41) is 7.59. The molecular weight excluding hydrogens is 309 g/mol. The minimum Gasteiger partial charge on any atom is -0.308 e. The first-order valence-corrected chi connectivity index (χ1v) is 7.02. The summed E-state index contributed by atoms with van der Waals surface area (Å²) < 4.78 is 16.3. The van der Waals surface area contributed by atoms with Gasteiger partial charge in [-0.25, -0.2) is 4.39 Å². The Bertz CT molecular complexity index is 580. The standard InChI is InChI=1S/C14H17BrFN3/c1-4-19-14(11(15)8-18-19)13(17-3)10-5-6-12(16)9(2)7-10/h5-8,13,17H,4H2,1-3H3. The van der Waals surface area contributed by atoms with E-state index >= 15 is 0 Å². The Morgan fingerprint density at radius 3 is 2.79 bits per heavy atom. The molecule has 1 N–H and O–H groups in total. The van der Waals surface area contributed by atoms with Crippen LogP contribution in [-0.2, 0) is 6.54 Å². The van der Waals surface area contributed by atoms with Crippen LogP contribution in [0.1, 0.15) is 29.8 Å². The maximum absolute atomic E-state index is 13.4. The van der Waals surface area contributed by atoms with E-state index in [1.807, 2.05) is 30.8 Å². The molecule has 0 aliphatic heterocycles. The average Bonchev–Trinajstić information content (AvgIpc) is 2.76. The monoisotopic (exact) mass is 325 g/mol. The Labute approximate surface area is 121 Å². The van der Waals surface area contributed by atoms with Crippen molar-refractivity contribution in [3.63, 3.8) is 0 Å². The first-order chi connectivity index (χ1) is 9.08. The zero-order valence-electron chi connectivity index (χ0n) is 11.2. The smallest absolute Gasteiger partial charge is 0.126 e. The molecule has 19 heavy (non-hydrogen) atoms. The quantitative estimate of drug-likeness (QED) is 0.933. The average molecular weight is 326 g/mol. The Balaban J connectivity index is 2.49. The van der Waals surface area contributed by atoms with Crippen molar-refractivity contribution in [2.24, 2.45) is 0 Å². The number of benzene rings is 1. The van der Waals surface area contributed by atoms with Gasteiger partial charge in [0, 0.05) is 6.54 Å². The van der Waals surface area contributed by atoms with E-state index in [1.54, 1.807) is 13.1 Å². The van der Waals surface area contributed by atoms with Crippen molar-refractivity contribution < 1.29 is 4.39 Å². The molecule has 1 heterocycles. The van der Waals surface area contributed by atoms with Gasteiger partial charge in [0.15, 0.2) is 0 Å². The number of hydrogen-bond acceptors (Lipinski definition) is 2. The van der Waals surface area contributed by atoms with Crippen LogP contribution in [0.15, 0.2) is 28.9 Å². The highest BCUT2D eigenvalue weighted by Crippen LogP contribution is 2.29. The van der Waals surface area contributed by atoms with Gasteiger partial charge in [-0.15, -0.1) is 0 Å². The number of nitrogens with one attached hydrogen (secondary N) is 1. The molecule has 1 unspecified atom stereocenters. The number of aromatic nitrogens is 2. The predicted molar refractivity (Wildman–Crippen MR) is 77.6 cm³/mol. The van der Waals surface area contributed by atoms with E-state index in [2.05, 4.69) is 26.3 Å². The summed E-state index contributed by atoms with van der Waals surface area (Å²) in [5.41, 5.74) is 2.73. The first-order valence-electron chi connectivity index (χ1n) is 6.23. The molecule has 5 heteroatoms. The summed E-state index contributed by atoms with van der Waals surface area (Å²) in [5.74, 6) is -0.179. The summed E-state index contributed by atoms with van der Waals surface area (Å²) in [6.45, 7) is 4.61. The van der Waals surface area contributed by atoms with Crippen molar-refractivity contribution in [1.29, 1.82) is 0 Å². The van der Waals surface area contributed by atoms with Gasteiger partial charge in [0.1, 0.15) is 5.82 Å². The van der Waals surface area contributed by atoms with Crippen LogP contribution < -0.4 is 5.32 Å². The molecule has 102 valence electrons. The van der Waals surface area contributed by atoms with Crippen LogP contribution in [-0.4, -0.2) is 16.8 Å². The summed E-state index contributed by atoms with van der Waals surface area (Å²) >= 11 is 3.53. The summed E-state index contributed by atoms with van der Waals surface area (Å²) in [7, 11) is 1.89. The van der Waals surface area contributed by atoms with Gasteiger partial charge in [0.2, 0.25) is 0 Å². The van der Waals surface area contributed by atoms with Crippen molar-refractivity contribution in [1.82, 2.24) is 15.1 Å². The van der Waals surface area contributed by atoms with E-state index in [0.717, 1.165) is 22.3 Å². The summed E-state index contributed by atoms with van der Waals surface area (Å²) in [6, 6.07) is 5.17. The molecule has 0 aliphatic carbocycles. The van der Waals surface area contributed by atoms with Gasteiger partial charge in [-0.05, 0) is 54.0 Å². The molecule has 0 fully saturated rings. The minimum atomic E-state index is -0.179. The number of halogens is 2. The van der Waals surface area contributed by atoms with Crippen molar-refractivity contribution in [3.8, 4) is 0 Å². The second kappa shape index (κ2) is 5.84. The summed E-state index contributed by atoms with van der Waals surface area (Å²) in [4.78, 5) is 0. The zero-order valence-corrected chi connectivity index (χ0v) is 12.8. The van der Waals surface area contributed by atoms with Gasteiger partial charge in [-0.3, -0.25) is 4.68 Å². The number of hydrogen-bond donors (Lipinski definition) is 1. The number of aryl methyl sites for hydroxylation is 2. The Hall–Kier alpha value is -1.20. The maximum Gasteiger partial charge on any atom is 0.126 e. The third-order valence-corrected chi connectivity index (χ3v) is 3.82. The molecule has 0 saturated heterocycles. The molecular formula is C14H17BrFN3. The highest BCUT2D eigenvalue weighted by molar-refractivity contribution is 9.10. The van der Waals surface area contributed by atoms with E-state index in [4.69, 9.17) is 0 Å². The minimum absolute atomic E-state index is 0.0175. The molecule has 2 aromatic rings. The second-order valence-corrected chi connectivity index (χ2v) is 5.28. The van der Waals surface area contributed by atoms with Crippen molar-refractivity contribution in [2.45, 2.75) is 26.4 Å². The van der Waals surface area contributed by atoms with Crippen molar-refractivity contribution in [3.05, 3.63) is 51.5 Å². The first kappa shape index (κ1) is 14.2. The maximum atomic E-state index is 13.4. The zero-order chi connectivity index (χ0) is 14.0. The fourth-order valence-corrected chi connectivity index (χ4v) is 2.74. The van der Waals surface area contributed by atoms with E-state index in [-0.39, 0.29) is 11.9 Å². The fourth-order valence-electron chi connectivity index (χ4n) is 2.22. The van der Waals surface area contributed by atoms with Gasteiger partial charge in [0.25, 0.3) is 0 Å². The van der Waals surface area contributed by atoms with Crippen LogP contribution in [0.25, 0.3) is 0 Å². The molecule has 1 aromatic heterocycles. The van der Waals surface area contributed by atoms with E-state index < -0.39 is 0 Å². The third kappa shape index (κ3) is 2.72. The van der Waals surface area contributed by atoms with Gasteiger partial charge >= 0.3 is 0 Å². The van der Waals surface area contributed by atoms with Crippen LogP contribution in [0.2, 0.25) is 0 Å². The summed E-state index contributed by atoms with van der Waals surface area (Å²) in [6.07, 6.45) is 1.79. The number of rotatable bonds is 4. The molecule has 0 saturated carbocycles. The van der Waals surface area contributed by atoms with Crippen LogP contribution in [0.4, 0.5) is 4.39 Å². The van der Waals surface area contributed by atoms with Crippen molar-refractivity contribution >= 4 is 15.9 Å². The second-order valence-electron chi connectivity index (χ2n) is 4.42. The highest BCUT2D eigenvalue weighted by atomic mass is 79.9. The molecule has 2 rings (SSSR count). The van der Waals surface area contributed by atoms with E-state index in [1.165, 1.54) is 6.07 Å². The number of nitrogens with zero attached hydrogens (tertiary/aromatic N) is 2. The van der Waals surface area contributed by atoms with E-state index in [0.29, 0.717) is 5.56 Å². The Morgan fingerprint density at radius 2 is 2.21 bits per heavy atom. The lowest BCUT2D eigenvalue weighted by Gasteiger charge is -2.19. The molecule has 0 amide bonds. The van der Waals surface area contributed by atoms with Crippen LogP contribution in [0.3, 0.4) is 0 Å². The lowest BCUT2D eigenvalue weighted by atomic mass is 10.0. The molecule has 1 aromatic carbocycles. The van der Waals surface area contributed by atoms with Gasteiger partial charge in [0.05, 0.1) is 22.4 Å². The Morgan fingerprint density at radius 1 is 1.47 bits per heavy atom. The third-order valence-electron chi connectivity index (χ3n) is 3.21. The molecule has 1 atom stereocenters. The van der Waals surface area contributed by atoms with Gasteiger partial charge in [-0.2, -0.15) is 5.10 Å². The SMILES string of the molecule is CCn1ncc(Br)c1C(NC)c1ccc(F)c(C)c1. The van der Waals surface area contributed by atoms with Gasteiger partial charge in [-0.1, -0.05) is 12.1 Å². The lowest BCUT2D eigenvalue weighted by Crippen LogP contribution is -2.22. The van der Waals surface area contributed by atoms with Crippen LogP contribution in [0, 0.1) is 12.7 Å². The molecule has 3 nitrogen and oxygen atoms in total. The molecule has 0 spiro atoms. The van der Waals surface area contributed by atoms with Crippen LogP contribution in [0.5, 0.6) is 0 Å². The molecule has 0 radical (unpaired) electrons. The normalized spacial score (nSPS) is 12.7. The predicted octanol–water partition coefficient (Wildman–Crippen LogP) is 3.42. The largest absolute Gasteiger partial charge is 0.308 e. The highest BCUT2D eigenvalue weighted by Gasteiger charge is 2.20. The van der Waals surface area contributed by atoms with E-state index in [9.17, 15) is 4.39 Å². The fraction of sp³-hybridized carbons (Fsp3) is 0.357. The molecule has 0 bridgehead atoms. The van der Waals surface area contributed by atoms with Crippen LogP contribution >= 0.6 is 15.9 Å². The Kier molecular flexibility index (Phi) is 4.37. The lowest BCUT2D eigenvalue weighted by molar-refractivity contribution is 0.559. The molecule has 0 aliphatic rings. The topological polar surface area (TPSA) is 29.9 Å². The van der Waals surface area contributed by atoms with Crippen molar-refractivity contribution in [2.75, 3.05) is 7.05 Å².